The zero-order valence-corrected chi connectivity index (χ0v) is 16.2. The molecule has 30 heavy (non-hydrogen) atoms. The number of carbonyl (C=O) groups excluding carboxylic acids is 2. The van der Waals surface area contributed by atoms with E-state index in [4.69, 9.17) is 0 Å². The van der Waals surface area contributed by atoms with Crippen molar-refractivity contribution in [3.63, 3.8) is 0 Å². The quantitative estimate of drug-likeness (QED) is 0.629. The molecule has 1 aliphatic rings. The zero-order valence-electron chi connectivity index (χ0n) is 16.2. The molecule has 2 amide bonds. The second-order valence-electron chi connectivity index (χ2n) is 7.07. The molecule has 0 bridgehead atoms. The number of hydrogen-bond acceptors (Lipinski definition) is 3. The maximum Gasteiger partial charge on any atom is 0.278 e. The summed E-state index contributed by atoms with van der Waals surface area (Å²) in [5.74, 6) is -1.83. The zero-order chi connectivity index (χ0) is 21.3. The maximum atomic E-state index is 13.4. The van der Waals surface area contributed by atoms with Gasteiger partial charge in [-0.2, -0.15) is 0 Å². The van der Waals surface area contributed by atoms with Crippen LogP contribution in [0.15, 0.2) is 78.5 Å². The Kier molecular flexibility index (Phi) is 5.14. The summed E-state index contributed by atoms with van der Waals surface area (Å²) in [6, 6.07) is 18.4. The van der Waals surface area contributed by atoms with Crippen molar-refractivity contribution in [1.29, 1.82) is 0 Å². The van der Waals surface area contributed by atoms with Gasteiger partial charge in [0, 0.05) is 5.69 Å². The topological polar surface area (TPSA) is 49.4 Å². The molecule has 0 radical (unpaired) electrons. The van der Waals surface area contributed by atoms with Crippen molar-refractivity contribution in [3.8, 4) is 0 Å². The Morgan fingerprint density at radius 3 is 1.93 bits per heavy atom. The first-order chi connectivity index (χ1) is 14.4. The van der Waals surface area contributed by atoms with Gasteiger partial charge in [0.05, 0.1) is 12.1 Å². The number of hydrogen-bond donors (Lipinski definition) is 1. The van der Waals surface area contributed by atoms with E-state index in [0.717, 1.165) is 10.5 Å². The number of nitrogens with zero attached hydrogens (tertiary/aromatic N) is 1. The largest absolute Gasteiger partial charge is 0.350 e. The minimum atomic E-state index is -0.496. The fourth-order valence-corrected chi connectivity index (χ4v) is 3.27. The van der Waals surface area contributed by atoms with Gasteiger partial charge in [-0.15, -0.1) is 0 Å². The van der Waals surface area contributed by atoms with E-state index in [9.17, 15) is 18.4 Å². The number of imide groups is 1. The average molecular weight is 404 g/mol. The number of anilines is 1. The second kappa shape index (κ2) is 7.91. The van der Waals surface area contributed by atoms with Crippen LogP contribution in [0.1, 0.15) is 16.7 Å². The van der Waals surface area contributed by atoms with Gasteiger partial charge in [-0.1, -0.05) is 42.0 Å². The summed E-state index contributed by atoms with van der Waals surface area (Å²) in [5.41, 5.74) is 3.06. The number of halogens is 2. The molecule has 1 heterocycles. The van der Waals surface area contributed by atoms with E-state index in [0.29, 0.717) is 16.8 Å². The molecule has 4 nitrogen and oxygen atoms in total. The molecule has 150 valence electrons. The van der Waals surface area contributed by atoms with Crippen molar-refractivity contribution in [1.82, 2.24) is 4.90 Å². The van der Waals surface area contributed by atoms with Crippen molar-refractivity contribution < 1.29 is 18.4 Å². The van der Waals surface area contributed by atoms with Gasteiger partial charge in [-0.3, -0.25) is 14.5 Å². The molecule has 4 rings (SSSR count). The molecule has 0 atom stereocenters. The Morgan fingerprint density at radius 2 is 1.33 bits per heavy atom. The predicted octanol–water partition coefficient (Wildman–Crippen LogP) is 4.67. The lowest BCUT2D eigenvalue weighted by atomic mass is 10.0. The molecule has 1 N–H and O–H groups in total. The van der Waals surface area contributed by atoms with Crippen LogP contribution in [0, 0.1) is 18.6 Å². The van der Waals surface area contributed by atoms with Crippen LogP contribution in [0.2, 0.25) is 0 Å². The second-order valence-corrected chi connectivity index (χ2v) is 7.07. The highest BCUT2D eigenvalue weighted by atomic mass is 19.1. The lowest BCUT2D eigenvalue weighted by Gasteiger charge is -2.15. The van der Waals surface area contributed by atoms with Crippen LogP contribution in [0.3, 0.4) is 0 Å². The van der Waals surface area contributed by atoms with E-state index in [1.165, 1.54) is 48.5 Å². The Morgan fingerprint density at radius 1 is 0.767 bits per heavy atom. The third kappa shape index (κ3) is 3.85. The molecule has 0 aliphatic carbocycles. The van der Waals surface area contributed by atoms with Gasteiger partial charge in [-0.05, 0) is 54.4 Å². The van der Waals surface area contributed by atoms with Crippen molar-refractivity contribution in [2.45, 2.75) is 13.5 Å². The third-order valence-electron chi connectivity index (χ3n) is 4.88. The first-order valence-electron chi connectivity index (χ1n) is 9.37. The number of amides is 2. The van der Waals surface area contributed by atoms with Crippen LogP contribution < -0.4 is 5.32 Å². The predicted molar refractivity (Wildman–Crippen MR) is 110 cm³/mol. The number of carbonyl (C=O) groups is 2. The molecule has 0 fully saturated rings. The van der Waals surface area contributed by atoms with Crippen LogP contribution in [-0.4, -0.2) is 16.7 Å². The number of rotatable bonds is 5. The normalized spacial score (nSPS) is 13.9. The van der Waals surface area contributed by atoms with Gasteiger partial charge in [0.25, 0.3) is 11.8 Å². The van der Waals surface area contributed by atoms with E-state index < -0.39 is 23.4 Å². The van der Waals surface area contributed by atoms with Crippen LogP contribution in [0.4, 0.5) is 14.5 Å². The fourth-order valence-electron chi connectivity index (χ4n) is 3.27. The summed E-state index contributed by atoms with van der Waals surface area (Å²) < 4.78 is 26.6. The van der Waals surface area contributed by atoms with E-state index >= 15 is 0 Å². The molecule has 0 unspecified atom stereocenters. The van der Waals surface area contributed by atoms with Gasteiger partial charge in [0.2, 0.25) is 0 Å². The molecule has 0 saturated carbocycles. The highest BCUT2D eigenvalue weighted by molar-refractivity contribution is 6.36. The minimum absolute atomic E-state index is 0.00171. The highest BCUT2D eigenvalue weighted by Crippen LogP contribution is 2.31. The van der Waals surface area contributed by atoms with Crippen LogP contribution in [0.5, 0.6) is 0 Å². The molecule has 3 aromatic carbocycles. The summed E-state index contributed by atoms with van der Waals surface area (Å²) in [4.78, 5) is 27.4. The lowest BCUT2D eigenvalue weighted by molar-refractivity contribution is -0.137. The van der Waals surface area contributed by atoms with Gasteiger partial charge in [0.15, 0.2) is 0 Å². The number of benzene rings is 3. The average Bonchev–Trinajstić information content (AvgIpc) is 2.96. The smallest absolute Gasteiger partial charge is 0.278 e. The summed E-state index contributed by atoms with van der Waals surface area (Å²) >= 11 is 0. The maximum absolute atomic E-state index is 13.4. The molecule has 3 aromatic rings. The van der Waals surface area contributed by atoms with E-state index in [2.05, 4.69) is 5.32 Å². The lowest BCUT2D eigenvalue weighted by Crippen LogP contribution is -2.32. The number of aryl methyl sites for hydroxylation is 1. The Balaban J connectivity index is 1.72. The summed E-state index contributed by atoms with van der Waals surface area (Å²) in [6.07, 6.45) is 0. The Bertz CT molecular complexity index is 1140. The third-order valence-corrected chi connectivity index (χ3v) is 4.88. The SMILES string of the molecule is Cc1ccc(NC2=C(c3ccc(F)cc3)C(=O)N(Cc3ccc(F)cc3)C2=O)cc1. The Hall–Kier alpha value is -3.80. The van der Waals surface area contributed by atoms with Crippen LogP contribution in [0.25, 0.3) is 5.57 Å². The summed E-state index contributed by atoms with van der Waals surface area (Å²) in [7, 11) is 0. The highest BCUT2D eigenvalue weighted by Gasteiger charge is 2.39. The van der Waals surface area contributed by atoms with Crippen molar-refractivity contribution in [2.24, 2.45) is 0 Å². The van der Waals surface area contributed by atoms with Crippen molar-refractivity contribution in [3.05, 3.63) is 107 Å². The van der Waals surface area contributed by atoms with Gasteiger partial charge in [0.1, 0.15) is 17.3 Å². The fraction of sp³-hybridized carbons (Fsp3) is 0.0833. The molecule has 1 aliphatic heterocycles. The van der Waals surface area contributed by atoms with Gasteiger partial charge >= 0.3 is 0 Å². The van der Waals surface area contributed by atoms with Gasteiger partial charge < -0.3 is 5.32 Å². The molecule has 0 aromatic heterocycles. The molecule has 0 saturated heterocycles. The monoisotopic (exact) mass is 404 g/mol. The number of nitrogens with one attached hydrogen (secondary N) is 1. The van der Waals surface area contributed by atoms with Crippen LogP contribution in [-0.2, 0) is 16.1 Å². The summed E-state index contributed by atoms with van der Waals surface area (Å²) in [6.45, 7) is 1.95. The van der Waals surface area contributed by atoms with E-state index in [1.54, 1.807) is 0 Å². The minimum Gasteiger partial charge on any atom is -0.350 e. The van der Waals surface area contributed by atoms with E-state index in [-0.39, 0.29) is 17.8 Å². The summed E-state index contributed by atoms with van der Waals surface area (Å²) in [5, 5.41) is 3.05. The molecule has 0 spiro atoms. The molecular formula is C24H18F2N2O2. The van der Waals surface area contributed by atoms with Gasteiger partial charge in [-0.25, -0.2) is 8.78 Å². The first-order valence-corrected chi connectivity index (χ1v) is 9.37. The van der Waals surface area contributed by atoms with Crippen LogP contribution >= 0.6 is 0 Å². The van der Waals surface area contributed by atoms with Crippen molar-refractivity contribution >= 4 is 23.1 Å². The Labute approximate surface area is 172 Å². The standard InChI is InChI=1S/C24H18F2N2O2/c1-15-2-12-20(13-3-15)27-22-21(17-6-10-19(26)11-7-17)23(29)28(24(22)30)14-16-4-8-18(25)9-5-16/h2-13,27H,14H2,1H3. The molecule has 6 heteroatoms. The van der Waals surface area contributed by atoms with E-state index in [1.807, 2.05) is 31.2 Å². The molecular weight excluding hydrogens is 386 g/mol. The first kappa shape index (κ1) is 19.5. The van der Waals surface area contributed by atoms with Crippen molar-refractivity contribution in [2.75, 3.05) is 5.32 Å².